The van der Waals surface area contributed by atoms with Crippen molar-refractivity contribution >= 4 is 33.2 Å². The van der Waals surface area contributed by atoms with Gasteiger partial charge in [-0.25, -0.2) is 8.42 Å². The van der Waals surface area contributed by atoms with Gasteiger partial charge in [-0.1, -0.05) is 41.4 Å². The van der Waals surface area contributed by atoms with Crippen molar-refractivity contribution in [1.82, 2.24) is 10.2 Å². The number of hydrogen-bond donors (Lipinski definition) is 1. The lowest BCUT2D eigenvalue weighted by molar-refractivity contribution is -0.119. The summed E-state index contributed by atoms with van der Waals surface area (Å²) in [5, 5.41) is 3.04. The Morgan fingerprint density at radius 3 is 2.32 bits per heavy atom. The number of hydrogen-bond acceptors (Lipinski definition) is 4. The molecule has 6 nitrogen and oxygen atoms in total. The Morgan fingerprint density at radius 1 is 1.07 bits per heavy atom. The fourth-order valence-corrected chi connectivity index (χ4v) is 4.33. The molecule has 0 aliphatic heterocycles. The Kier molecular flexibility index (Phi) is 7.86. The summed E-state index contributed by atoms with van der Waals surface area (Å²) in [4.78, 5) is 14.6. The predicted molar refractivity (Wildman–Crippen MR) is 113 cm³/mol. The number of anilines is 1. The third kappa shape index (κ3) is 5.95. The third-order valence-electron chi connectivity index (χ3n) is 4.12. The maximum atomic E-state index is 13.2. The minimum atomic E-state index is -3.95. The molecule has 2 aromatic rings. The first kappa shape index (κ1) is 22.2. The van der Waals surface area contributed by atoms with Crippen LogP contribution in [0.1, 0.15) is 12.0 Å². The van der Waals surface area contributed by atoms with Crippen LogP contribution >= 0.6 is 11.6 Å². The molecule has 0 aliphatic rings. The number of rotatable bonds is 9. The van der Waals surface area contributed by atoms with Crippen LogP contribution in [0, 0.1) is 6.92 Å². The highest BCUT2D eigenvalue weighted by molar-refractivity contribution is 7.92. The predicted octanol–water partition coefficient (Wildman–Crippen LogP) is 2.91. The van der Waals surface area contributed by atoms with Crippen LogP contribution < -0.4 is 9.62 Å². The van der Waals surface area contributed by atoms with Crippen molar-refractivity contribution in [3.05, 3.63) is 59.1 Å². The molecule has 2 rings (SSSR count). The summed E-state index contributed by atoms with van der Waals surface area (Å²) in [7, 11) is -0.0457. The topological polar surface area (TPSA) is 69.7 Å². The van der Waals surface area contributed by atoms with E-state index in [0.29, 0.717) is 6.54 Å². The van der Waals surface area contributed by atoms with Gasteiger partial charge in [-0.15, -0.1) is 0 Å². The Balaban J connectivity index is 2.27. The summed E-state index contributed by atoms with van der Waals surface area (Å²) in [6, 6.07) is 13.1. The van der Waals surface area contributed by atoms with Gasteiger partial charge in [0, 0.05) is 6.54 Å². The average Bonchev–Trinajstić information content (AvgIpc) is 2.64. The Hall–Kier alpha value is -2.09. The summed E-state index contributed by atoms with van der Waals surface area (Å²) in [6.07, 6.45) is 0.773. The highest BCUT2D eigenvalue weighted by Crippen LogP contribution is 2.30. The first-order valence-corrected chi connectivity index (χ1v) is 10.8. The average molecular weight is 424 g/mol. The van der Waals surface area contributed by atoms with E-state index in [-0.39, 0.29) is 28.1 Å². The van der Waals surface area contributed by atoms with Crippen molar-refractivity contribution < 1.29 is 13.2 Å². The van der Waals surface area contributed by atoms with Crippen molar-refractivity contribution in [2.24, 2.45) is 0 Å². The number of nitrogens with one attached hydrogen (secondary N) is 1. The second-order valence-corrected chi connectivity index (χ2v) is 9.05. The Labute approximate surface area is 172 Å². The SMILES string of the molecule is Cc1ccc(S(=O)(=O)N(CC(=O)NCCCN(C)C)c2ccccc2Cl)cc1. The Morgan fingerprint density at radius 2 is 1.71 bits per heavy atom. The molecule has 8 heteroatoms. The smallest absolute Gasteiger partial charge is 0.264 e. The molecule has 28 heavy (non-hydrogen) atoms. The number of aryl methyl sites for hydroxylation is 1. The molecule has 0 radical (unpaired) electrons. The standard InChI is InChI=1S/C20H26ClN3O3S/c1-16-9-11-17(12-10-16)28(26,27)24(19-8-5-4-7-18(19)21)15-20(25)22-13-6-14-23(2)3/h4-5,7-12H,6,13-15H2,1-3H3,(H,22,25). The summed E-state index contributed by atoms with van der Waals surface area (Å²) >= 11 is 6.24. The number of benzene rings is 2. The molecule has 1 N–H and O–H groups in total. The molecule has 0 atom stereocenters. The minimum absolute atomic E-state index is 0.110. The van der Waals surface area contributed by atoms with E-state index < -0.39 is 10.0 Å². The first-order valence-electron chi connectivity index (χ1n) is 8.97. The number of sulfonamides is 1. The highest BCUT2D eigenvalue weighted by Gasteiger charge is 2.28. The molecule has 0 spiro atoms. The molecule has 1 amide bonds. The van der Waals surface area contributed by atoms with Gasteiger partial charge in [-0.05, 0) is 58.3 Å². The number of amides is 1. The molecular weight excluding hydrogens is 398 g/mol. The summed E-state index contributed by atoms with van der Waals surface area (Å²) in [6.45, 7) is 2.83. The van der Waals surface area contributed by atoms with Gasteiger partial charge in [0.25, 0.3) is 10.0 Å². The van der Waals surface area contributed by atoms with E-state index in [0.717, 1.165) is 22.8 Å². The van der Waals surface area contributed by atoms with E-state index in [2.05, 4.69) is 5.32 Å². The molecule has 0 aromatic heterocycles. The zero-order valence-corrected chi connectivity index (χ0v) is 17.9. The second kappa shape index (κ2) is 9.91. The van der Waals surface area contributed by atoms with Gasteiger partial charge in [-0.2, -0.15) is 0 Å². The monoisotopic (exact) mass is 423 g/mol. The van der Waals surface area contributed by atoms with Crippen molar-refractivity contribution in [2.45, 2.75) is 18.2 Å². The fourth-order valence-electron chi connectivity index (χ4n) is 2.60. The fraction of sp³-hybridized carbons (Fsp3) is 0.350. The van der Waals surface area contributed by atoms with Gasteiger partial charge in [0.1, 0.15) is 6.54 Å². The van der Waals surface area contributed by atoms with Crippen LogP contribution in [0.5, 0.6) is 0 Å². The lowest BCUT2D eigenvalue weighted by atomic mass is 10.2. The van der Waals surface area contributed by atoms with Gasteiger partial charge in [0.05, 0.1) is 15.6 Å². The minimum Gasteiger partial charge on any atom is -0.354 e. The van der Waals surface area contributed by atoms with Gasteiger partial charge < -0.3 is 10.2 Å². The maximum Gasteiger partial charge on any atom is 0.264 e. The number of carbonyl (C=O) groups excluding carboxylic acids is 1. The molecule has 0 unspecified atom stereocenters. The normalized spacial score (nSPS) is 11.5. The molecule has 0 aliphatic carbocycles. The first-order chi connectivity index (χ1) is 13.2. The van der Waals surface area contributed by atoms with Crippen LogP contribution in [-0.2, 0) is 14.8 Å². The second-order valence-electron chi connectivity index (χ2n) is 6.78. The van der Waals surface area contributed by atoms with Crippen LogP contribution in [0.3, 0.4) is 0 Å². The van der Waals surface area contributed by atoms with E-state index in [1.807, 2.05) is 25.9 Å². The largest absolute Gasteiger partial charge is 0.354 e. The molecule has 152 valence electrons. The van der Waals surface area contributed by atoms with Crippen molar-refractivity contribution in [2.75, 3.05) is 38.0 Å². The van der Waals surface area contributed by atoms with Crippen molar-refractivity contribution in [3.8, 4) is 0 Å². The van der Waals surface area contributed by atoms with Gasteiger partial charge >= 0.3 is 0 Å². The number of para-hydroxylation sites is 1. The molecule has 2 aromatic carbocycles. The highest BCUT2D eigenvalue weighted by atomic mass is 35.5. The number of nitrogens with zero attached hydrogens (tertiary/aromatic N) is 2. The van der Waals surface area contributed by atoms with Crippen LogP contribution in [0.2, 0.25) is 5.02 Å². The number of halogens is 1. The van der Waals surface area contributed by atoms with Gasteiger partial charge in [0.2, 0.25) is 5.91 Å². The van der Waals surface area contributed by atoms with Gasteiger partial charge in [0.15, 0.2) is 0 Å². The molecule has 0 heterocycles. The van der Waals surface area contributed by atoms with E-state index in [1.165, 1.54) is 12.1 Å². The lowest BCUT2D eigenvalue weighted by Gasteiger charge is -2.25. The van der Waals surface area contributed by atoms with Crippen molar-refractivity contribution in [1.29, 1.82) is 0 Å². The summed E-state index contributed by atoms with van der Waals surface area (Å²) in [5.74, 6) is -0.380. The Bertz CT molecular complexity index is 899. The third-order valence-corrected chi connectivity index (χ3v) is 6.22. The van der Waals surface area contributed by atoms with Crippen LogP contribution in [-0.4, -0.2) is 53.0 Å². The molecular formula is C20H26ClN3O3S. The quantitative estimate of drug-likeness (QED) is 0.629. The maximum absolute atomic E-state index is 13.2. The molecule has 0 saturated carbocycles. The summed E-state index contributed by atoms with van der Waals surface area (Å²) in [5.41, 5.74) is 1.22. The van der Waals surface area contributed by atoms with E-state index >= 15 is 0 Å². The van der Waals surface area contributed by atoms with Crippen LogP contribution in [0.4, 0.5) is 5.69 Å². The zero-order valence-electron chi connectivity index (χ0n) is 16.4. The van der Waals surface area contributed by atoms with E-state index in [1.54, 1.807) is 36.4 Å². The zero-order chi connectivity index (χ0) is 20.7. The van der Waals surface area contributed by atoms with E-state index in [4.69, 9.17) is 11.6 Å². The van der Waals surface area contributed by atoms with Crippen LogP contribution in [0.15, 0.2) is 53.4 Å². The molecule has 0 fully saturated rings. The number of carbonyl (C=O) groups is 1. The lowest BCUT2D eigenvalue weighted by Crippen LogP contribution is -2.41. The van der Waals surface area contributed by atoms with E-state index in [9.17, 15) is 13.2 Å². The van der Waals surface area contributed by atoms with Crippen LogP contribution in [0.25, 0.3) is 0 Å². The van der Waals surface area contributed by atoms with Crippen molar-refractivity contribution in [3.63, 3.8) is 0 Å². The van der Waals surface area contributed by atoms with Gasteiger partial charge in [-0.3, -0.25) is 9.10 Å². The molecule has 0 saturated heterocycles. The summed E-state index contributed by atoms with van der Waals surface area (Å²) < 4.78 is 27.5. The molecule has 0 bridgehead atoms.